The molecular weight excluding hydrogens is 226 g/mol. The lowest BCUT2D eigenvalue weighted by atomic mass is 10.2. The Morgan fingerprint density at radius 1 is 1.53 bits per heavy atom. The molecule has 1 rings (SSSR count). The first-order valence-corrected chi connectivity index (χ1v) is 5.41. The molecule has 94 valence electrons. The van der Waals surface area contributed by atoms with Crippen molar-refractivity contribution in [2.75, 3.05) is 0 Å². The van der Waals surface area contributed by atoms with E-state index < -0.39 is 10.9 Å². The monoisotopic (exact) mass is 241 g/mol. The van der Waals surface area contributed by atoms with Crippen LogP contribution in [0.4, 0.5) is 5.82 Å². The molecule has 0 aliphatic heterocycles. The van der Waals surface area contributed by atoms with Gasteiger partial charge in [0.25, 0.3) is 0 Å². The lowest BCUT2D eigenvalue weighted by molar-refractivity contribution is -0.390. The van der Waals surface area contributed by atoms with Crippen molar-refractivity contribution >= 4 is 11.8 Å². The summed E-state index contributed by atoms with van der Waals surface area (Å²) in [6.07, 6.45) is 3.97. The number of carbonyl (C=O) groups is 1. The molecule has 0 saturated heterocycles. The molecule has 1 aromatic heterocycles. The van der Waals surface area contributed by atoms with E-state index in [-0.39, 0.29) is 12.2 Å². The largest absolute Gasteiger partial charge is 0.481 e. The van der Waals surface area contributed by atoms with Gasteiger partial charge >= 0.3 is 11.8 Å². The van der Waals surface area contributed by atoms with Crippen LogP contribution >= 0.6 is 0 Å². The highest BCUT2D eigenvalue weighted by Crippen LogP contribution is 2.14. The second-order valence-corrected chi connectivity index (χ2v) is 3.86. The molecule has 1 heterocycles. The molecule has 7 nitrogen and oxygen atoms in total. The number of carboxylic acids is 1. The van der Waals surface area contributed by atoms with E-state index in [4.69, 9.17) is 5.11 Å². The minimum absolute atomic E-state index is 0.115. The van der Waals surface area contributed by atoms with Crippen LogP contribution in [0.3, 0.4) is 0 Å². The maximum absolute atomic E-state index is 10.6. The van der Waals surface area contributed by atoms with E-state index in [0.29, 0.717) is 18.5 Å². The summed E-state index contributed by atoms with van der Waals surface area (Å²) in [5.74, 6) is -0.911. The molecule has 0 aliphatic rings. The van der Waals surface area contributed by atoms with Crippen molar-refractivity contribution < 1.29 is 14.8 Å². The van der Waals surface area contributed by atoms with Crippen LogP contribution in [0.5, 0.6) is 0 Å². The van der Waals surface area contributed by atoms with Gasteiger partial charge in [-0.05, 0) is 24.7 Å². The number of nitro groups is 1. The second kappa shape index (κ2) is 5.97. The van der Waals surface area contributed by atoms with Crippen LogP contribution in [0.25, 0.3) is 0 Å². The fraction of sp³-hybridized carbons (Fsp3) is 0.600. The Morgan fingerprint density at radius 2 is 2.24 bits per heavy atom. The Balaban J connectivity index is 2.35. The number of aromatic nitrogens is 2. The van der Waals surface area contributed by atoms with Crippen molar-refractivity contribution in [1.29, 1.82) is 0 Å². The third kappa shape index (κ3) is 4.21. The Labute approximate surface area is 98.2 Å². The Morgan fingerprint density at radius 3 is 2.76 bits per heavy atom. The normalized spacial score (nSPS) is 10.4. The summed E-state index contributed by atoms with van der Waals surface area (Å²) in [5.41, 5.74) is 0.542. The van der Waals surface area contributed by atoms with Gasteiger partial charge in [0.1, 0.15) is 0 Å². The summed E-state index contributed by atoms with van der Waals surface area (Å²) in [4.78, 5) is 20.3. The Bertz CT molecular complexity index is 414. The van der Waals surface area contributed by atoms with Crippen molar-refractivity contribution in [3.05, 3.63) is 21.9 Å². The van der Waals surface area contributed by atoms with Gasteiger partial charge in [0.05, 0.1) is 23.4 Å². The fourth-order valence-corrected chi connectivity index (χ4v) is 1.53. The van der Waals surface area contributed by atoms with Crippen LogP contribution in [0.2, 0.25) is 0 Å². The molecule has 0 saturated carbocycles. The zero-order valence-electron chi connectivity index (χ0n) is 9.63. The SMILES string of the molecule is Cc1cn(CCCCCC(=O)O)nc1[N+](=O)[O-]. The Kier molecular flexibility index (Phi) is 4.62. The van der Waals surface area contributed by atoms with Gasteiger partial charge in [0.2, 0.25) is 0 Å². The Hall–Kier alpha value is -1.92. The zero-order chi connectivity index (χ0) is 12.8. The quantitative estimate of drug-likeness (QED) is 0.445. The summed E-state index contributed by atoms with van der Waals surface area (Å²) in [5, 5.41) is 22.8. The molecular formula is C10H15N3O4. The van der Waals surface area contributed by atoms with Crippen molar-refractivity contribution in [1.82, 2.24) is 9.78 Å². The maximum atomic E-state index is 10.6. The van der Waals surface area contributed by atoms with E-state index in [2.05, 4.69) is 5.10 Å². The lowest BCUT2D eigenvalue weighted by Crippen LogP contribution is -2.00. The summed E-state index contributed by atoms with van der Waals surface area (Å²) >= 11 is 0. The standard InChI is InChI=1S/C10H15N3O4/c1-8-7-12(11-10(8)13(16)17)6-4-2-3-5-9(14)15/h7H,2-6H2,1H3,(H,14,15). The highest BCUT2D eigenvalue weighted by Gasteiger charge is 2.16. The van der Waals surface area contributed by atoms with E-state index in [1.165, 1.54) is 4.68 Å². The van der Waals surface area contributed by atoms with E-state index in [1.807, 2.05) is 0 Å². The first-order valence-electron chi connectivity index (χ1n) is 5.41. The van der Waals surface area contributed by atoms with Crippen molar-refractivity contribution in [3.63, 3.8) is 0 Å². The summed E-state index contributed by atoms with van der Waals surface area (Å²) in [7, 11) is 0. The smallest absolute Gasteiger partial charge is 0.392 e. The molecule has 0 unspecified atom stereocenters. The molecule has 0 fully saturated rings. The van der Waals surface area contributed by atoms with E-state index >= 15 is 0 Å². The van der Waals surface area contributed by atoms with Gasteiger partial charge in [-0.15, -0.1) is 0 Å². The minimum atomic E-state index is -0.796. The predicted octanol–water partition coefficient (Wildman–Crippen LogP) is 1.74. The molecule has 1 aromatic rings. The van der Waals surface area contributed by atoms with Crippen LogP contribution in [0.1, 0.15) is 31.2 Å². The number of carboxylic acid groups (broad SMARTS) is 1. The van der Waals surface area contributed by atoms with Crippen LogP contribution in [-0.4, -0.2) is 25.8 Å². The van der Waals surface area contributed by atoms with Crippen molar-refractivity contribution in [2.24, 2.45) is 0 Å². The van der Waals surface area contributed by atoms with Crippen LogP contribution in [-0.2, 0) is 11.3 Å². The second-order valence-electron chi connectivity index (χ2n) is 3.86. The number of aliphatic carboxylic acids is 1. The molecule has 0 aromatic carbocycles. The maximum Gasteiger partial charge on any atom is 0.392 e. The van der Waals surface area contributed by atoms with Crippen LogP contribution in [0, 0.1) is 17.0 Å². The highest BCUT2D eigenvalue weighted by molar-refractivity contribution is 5.66. The fourth-order valence-electron chi connectivity index (χ4n) is 1.53. The van der Waals surface area contributed by atoms with Gasteiger partial charge < -0.3 is 15.2 Å². The van der Waals surface area contributed by atoms with Crippen LogP contribution in [0.15, 0.2) is 6.20 Å². The number of nitrogens with zero attached hydrogens (tertiary/aromatic N) is 3. The first kappa shape index (κ1) is 13.1. The predicted molar refractivity (Wildman–Crippen MR) is 59.7 cm³/mol. The molecule has 7 heteroatoms. The number of unbranched alkanes of at least 4 members (excludes halogenated alkanes) is 2. The van der Waals surface area contributed by atoms with Gasteiger partial charge in [0, 0.05) is 6.42 Å². The number of hydrogen-bond donors (Lipinski definition) is 1. The molecule has 0 bridgehead atoms. The average molecular weight is 241 g/mol. The van der Waals surface area contributed by atoms with E-state index in [0.717, 1.165) is 12.8 Å². The number of rotatable bonds is 7. The van der Waals surface area contributed by atoms with Gasteiger partial charge in [-0.2, -0.15) is 4.68 Å². The number of hydrogen-bond acceptors (Lipinski definition) is 4. The summed E-state index contributed by atoms with van der Waals surface area (Å²) in [6, 6.07) is 0. The molecule has 1 N–H and O–H groups in total. The van der Waals surface area contributed by atoms with E-state index in [1.54, 1.807) is 13.1 Å². The lowest BCUT2D eigenvalue weighted by Gasteiger charge is -1.97. The van der Waals surface area contributed by atoms with Gasteiger partial charge in [-0.3, -0.25) is 4.79 Å². The van der Waals surface area contributed by atoms with Crippen molar-refractivity contribution in [2.45, 2.75) is 39.2 Å². The topological polar surface area (TPSA) is 98.3 Å². The van der Waals surface area contributed by atoms with Crippen LogP contribution < -0.4 is 0 Å². The number of aryl methyl sites for hydroxylation is 2. The minimum Gasteiger partial charge on any atom is -0.481 e. The molecule has 0 atom stereocenters. The zero-order valence-corrected chi connectivity index (χ0v) is 9.63. The average Bonchev–Trinajstić information content (AvgIpc) is 2.59. The van der Waals surface area contributed by atoms with E-state index in [9.17, 15) is 14.9 Å². The summed E-state index contributed by atoms with van der Waals surface area (Å²) < 4.78 is 1.54. The molecule has 0 spiro atoms. The van der Waals surface area contributed by atoms with Gasteiger partial charge in [-0.1, -0.05) is 6.42 Å². The van der Waals surface area contributed by atoms with Gasteiger partial charge in [0.15, 0.2) is 0 Å². The molecule has 17 heavy (non-hydrogen) atoms. The van der Waals surface area contributed by atoms with Crippen molar-refractivity contribution in [3.8, 4) is 0 Å². The summed E-state index contributed by atoms with van der Waals surface area (Å²) in [6.45, 7) is 2.22. The molecule has 0 aliphatic carbocycles. The molecule has 0 amide bonds. The third-order valence-corrected chi connectivity index (χ3v) is 2.37. The first-order chi connectivity index (χ1) is 8.00. The highest BCUT2D eigenvalue weighted by atomic mass is 16.6. The molecule has 0 radical (unpaired) electrons. The van der Waals surface area contributed by atoms with Gasteiger partial charge in [-0.25, -0.2) is 0 Å². The third-order valence-electron chi connectivity index (χ3n) is 2.37.